The van der Waals surface area contributed by atoms with Gasteiger partial charge in [0.15, 0.2) is 5.11 Å². The molecule has 0 spiro atoms. The van der Waals surface area contributed by atoms with Crippen molar-refractivity contribution in [3.05, 3.63) is 95.6 Å². The third kappa shape index (κ3) is 6.65. The van der Waals surface area contributed by atoms with Gasteiger partial charge in [0.25, 0.3) is 11.8 Å². The van der Waals surface area contributed by atoms with Crippen LogP contribution < -0.4 is 20.7 Å². The quantitative estimate of drug-likeness (QED) is 0.494. The molecule has 7 heteroatoms. The lowest BCUT2D eigenvalue weighted by molar-refractivity contribution is 0.0959. The van der Waals surface area contributed by atoms with E-state index in [1.54, 1.807) is 49.5 Å². The van der Waals surface area contributed by atoms with Crippen LogP contribution in [0, 0.1) is 0 Å². The number of hydrogen-bond donors (Lipinski definition) is 3. The predicted molar refractivity (Wildman–Crippen MR) is 126 cm³/mol. The first kappa shape index (κ1) is 22.0. The summed E-state index contributed by atoms with van der Waals surface area (Å²) in [7, 11) is 1.56. The maximum absolute atomic E-state index is 12.6. The summed E-state index contributed by atoms with van der Waals surface area (Å²) < 4.78 is 5.78. The Labute approximate surface area is 186 Å². The van der Waals surface area contributed by atoms with Gasteiger partial charge in [-0.2, -0.15) is 0 Å². The van der Waals surface area contributed by atoms with Gasteiger partial charge in [-0.25, -0.2) is 0 Å². The molecule has 3 N–H and O–H groups in total. The summed E-state index contributed by atoms with van der Waals surface area (Å²) in [5.74, 6) is 0.0527. The molecule has 3 aromatic carbocycles. The average Bonchev–Trinajstić information content (AvgIpc) is 2.79. The minimum absolute atomic E-state index is 0.134. The maximum Gasteiger partial charge on any atom is 0.257 e. The average molecular weight is 434 g/mol. The zero-order valence-corrected chi connectivity index (χ0v) is 17.9. The van der Waals surface area contributed by atoms with Gasteiger partial charge in [-0.1, -0.05) is 42.5 Å². The lowest BCUT2D eigenvalue weighted by atomic mass is 10.2. The van der Waals surface area contributed by atoms with E-state index >= 15 is 0 Å². The number of benzene rings is 3. The molecule has 0 saturated heterocycles. The molecular weight excluding hydrogens is 410 g/mol. The van der Waals surface area contributed by atoms with Crippen LogP contribution in [-0.2, 0) is 6.42 Å². The van der Waals surface area contributed by atoms with Crippen molar-refractivity contribution in [1.82, 2.24) is 10.6 Å². The number of hydrogen-bond acceptors (Lipinski definition) is 4. The summed E-state index contributed by atoms with van der Waals surface area (Å²) >= 11 is 5.23. The molecule has 0 aliphatic heterocycles. The van der Waals surface area contributed by atoms with E-state index in [9.17, 15) is 9.59 Å². The normalized spacial score (nSPS) is 10.1. The summed E-state index contributed by atoms with van der Waals surface area (Å²) in [4.78, 5) is 24.3. The minimum atomic E-state index is -0.353. The van der Waals surface area contributed by atoms with E-state index in [1.807, 2.05) is 36.4 Å². The number of anilines is 1. The molecule has 0 unspecified atom stereocenters. The van der Waals surface area contributed by atoms with Crippen molar-refractivity contribution in [2.24, 2.45) is 0 Å². The Morgan fingerprint density at radius 1 is 0.871 bits per heavy atom. The molecule has 0 fully saturated rings. The molecule has 0 bridgehead atoms. The maximum atomic E-state index is 12.6. The number of nitrogens with one attached hydrogen (secondary N) is 3. The fourth-order valence-electron chi connectivity index (χ4n) is 2.88. The monoisotopic (exact) mass is 433 g/mol. The van der Waals surface area contributed by atoms with Gasteiger partial charge in [-0.3, -0.25) is 14.9 Å². The van der Waals surface area contributed by atoms with E-state index in [0.717, 1.165) is 6.42 Å². The van der Waals surface area contributed by atoms with Crippen molar-refractivity contribution in [2.45, 2.75) is 6.42 Å². The van der Waals surface area contributed by atoms with E-state index in [0.29, 0.717) is 29.2 Å². The third-order valence-corrected chi connectivity index (χ3v) is 4.64. The molecule has 0 atom stereocenters. The number of amides is 2. The van der Waals surface area contributed by atoms with Crippen LogP contribution in [0.4, 0.5) is 5.69 Å². The Hall–Kier alpha value is -3.71. The zero-order valence-electron chi connectivity index (χ0n) is 17.1. The third-order valence-electron chi connectivity index (χ3n) is 4.44. The first-order valence-electron chi connectivity index (χ1n) is 9.76. The second kappa shape index (κ2) is 10.9. The first-order valence-corrected chi connectivity index (χ1v) is 10.2. The van der Waals surface area contributed by atoms with Gasteiger partial charge >= 0.3 is 0 Å². The number of rotatable bonds is 7. The molecule has 0 aromatic heterocycles. The molecule has 2 amide bonds. The van der Waals surface area contributed by atoms with Gasteiger partial charge in [0.2, 0.25) is 0 Å². The standard InChI is InChI=1S/C24H23N3O3S/c1-25-22(28)18-9-5-11-20(15-18)26-24(31)27-23(29)19-10-6-12-21(16-19)30-14-13-17-7-3-2-4-8-17/h2-12,15-16H,13-14H2,1H3,(H,25,28)(H2,26,27,29,31). The Kier molecular flexibility index (Phi) is 7.73. The number of carbonyl (C=O) groups excluding carboxylic acids is 2. The lowest BCUT2D eigenvalue weighted by Crippen LogP contribution is -2.34. The molecule has 0 heterocycles. The van der Waals surface area contributed by atoms with Gasteiger partial charge < -0.3 is 15.4 Å². The second-order valence-electron chi connectivity index (χ2n) is 6.68. The molecule has 0 aliphatic rings. The van der Waals surface area contributed by atoms with Gasteiger partial charge in [-0.05, 0) is 54.2 Å². The fraction of sp³-hybridized carbons (Fsp3) is 0.125. The van der Waals surface area contributed by atoms with Crippen molar-refractivity contribution in [3.63, 3.8) is 0 Å². The Balaban J connectivity index is 1.54. The van der Waals surface area contributed by atoms with Crippen LogP contribution in [0.1, 0.15) is 26.3 Å². The van der Waals surface area contributed by atoms with Crippen molar-refractivity contribution in [2.75, 3.05) is 19.0 Å². The predicted octanol–water partition coefficient (Wildman–Crippen LogP) is 3.79. The summed E-state index contributed by atoms with van der Waals surface area (Å²) in [6.45, 7) is 0.511. The number of ether oxygens (including phenoxy) is 1. The summed E-state index contributed by atoms with van der Waals surface area (Å²) in [6.07, 6.45) is 0.778. The first-order chi connectivity index (χ1) is 15.0. The van der Waals surface area contributed by atoms with E-state index in [-0.39, 0.29) is 16.9 Å². The van der Waals surface area contributed by atoms with Crippen LogP contribution in [-0.4, -0.2) is 30.6 Å². The number of thiocarbonyl (C=S) groups is 1. The smallest absolute Gasteiger partial charge is 0.257 e. The zero-order chi connectivity index (χ0) is 22.1. The highest BCUT2D eigenvalue weighted by Gasteiger charge is 2.10. The molecule has 0 aliphatic carbocycles. The van der Waals surface area contributed by atoms with Crippen LogP contribution in [0.15, 0.2) is 78.9 Å². The Morgan fingerprint density at radius 3 is 2.32 bits per heavy atom. The summed E-state index contributed by atoms with van der Waals surface area (Å²) in [5.41, 5.74) is 2.71. The van der Waals surface area contributed by atoms with E-state index < -0.39 is 0 Å². The van der Waals surface area contributed by atoms with Gasteiger partial charge in [0.1, 0.15) is 5.75 Å². The van der Waals surface area contributed by atoms with E-state index in [1.165, 1.54) is 5.56 Å². The molecule has 0 saturated carbocycles. The van der Waals surface area contributed by atoms with Crippen molar-refractivity contribution in [1.29, 1.82) is 0 Å². The van der Waals surface area contributed by atoms with Crippen molar-refractivity contribution >= 4 is 34.8 Å². The SMILES string of the molecule is CNC(=O)c1cccc(NC(=S)NC(=O)c2cccc(OCCc3ccccc3)c2)c1. The van der Waals surface area contributed by atoms with Crippen LogP contribution in [0.2, 0.25) is 0 Å². The lowest BCUT2D eigenvalue weighted by Gasteiger charge is -2.11. The van der Waals surface area contributed by atoms with Gasteiger partial charge in [0.05, 0.1) is 6.61 Å². The number of carbonyl (C=O) groups is 2. The molecule has 3 rings (SSSR count). The highest BCUT2D eigenvalue weighted by atomic mass is 32.1. The summed E-state index contributed by atoms with van der Waals surface area (Å²) in [5, 5.41) is 8.26. The van der Waals surface area contributed by atoms with E-state index in [4.69, 9.17) is 17.0 Å². The topological polar surface area (TPSA) is 79.5 Å². The van der Waals surface area contributed by atoms with Crippen LogP contribution in [0.3, 0.4) is 0 Å². The van der Waals surface area contributed by atoms with Crippen LogP contribution in [0.5, 0.6) is 5.75 Å². The van der Waals surface area contributed by atoms with Crippen molar-refractivity contribution in [3.8, 4) is 5.75 Å². The van der Waals surface area contributed by atoms with Crippen LogP contribution >= 0.6 is 12.2 Å². The molecule has 6 nitrogen and oxygen atoms in total. The molecule has 3 aromatic rings. The van der Waals surface area contributed by atoms with E-state index in [2.05, 4.69) is 16.0 Å². The highest BCUT2D eigenvalue weighted by molar-refractivity contribution is 7.80. The summed E-state index contributed by atoms with van der Waals surface area (Å²) in [6, 6.07) is 23.8. The molecule has 31 heavy (non-hydrogen) atoms. The second-order valence-corrected chi connectivity index (χ2v) is 7.09. The van der Waals surface area contributed by atoms with Gasteiger partial charge in [-0.15, -0.1) is 0 Å². The highest BCUT2D eigenvalue weighted by Crippen LogP contribution is 2.15. The molecule has 0 radical (unpaired) electrons. The fourth-order valence-corrected chi connectivity index (χ4v) is 3.09. The minimum Gasteiger partial charge on any atom is -0.493 e. The molecular formula is C24H23N3O3S. The van der Waals surface area contributed by atoms with Crippen LogP contribution in [0.25, 0.3) is 0 Å². The Bertz CT molecular complexity index is 1070. The molecule has 158 valence electrons. The van der Waals surface area contributed by atoms with Crippen molar-refractivity contribution < 1.29 is 14.3 Å². The van der Waals surface area contributed by atoms with Gasteiger partial charge in [0, 0.05) is 30.3 Å². The largest absolute Gasteiger partial charge is 0.493 e. The Morgan fingerprint density at radius 2 is 1.58 bits per heavy atom.